The van der Waals surface area contributed by atoms with Gasteiger partial charge in [0.2, 0.25) is 11.6 Å². The highest BCUT2D eigenvalue weighted by Gasteiger charge is 2.37. The summed E-state index contributed by atoms with van der Waals surface area (Å²) < 4.78 is 45.3. The number of pyridine rings is 2. The topological polar surface area (TPSA) is 101 Å². The third kappa shape index (κ3) is 8.43. The molecule has 8 rings (SSSR count). The Balaban J connectivity index is 0.000000170. The van der Waals surface area contributed by atoms with Gasteiger partial charge in [0.1, 0.15) is 0 Å². The molecule has 0 aliphatic carbocycles. The molecule has 286 valence electrons. The Morgan fingerprint density at radius 2 is 1.09 bits per heavy atom. The second-order valence-corrected chi connectivity index (χ2v) is 16.2. The van der Waals surface area contributed by atoms with E-state index in [4.69, 9.17) is 11.6 Å². The van der Waals surface area contributed by atoms with E-state index in [1.54, 1.807) is 39.0 Å². The Bertz CT molecular complexity index is 2380. The van der Waals surface area contributed by atoms with E-state index in [2.05, 4.69) is 65.2 Å². The lowest BCUT2D eigenvalue weighted by Gasteiger charge is -2.33. The van der Waals surface area contributed by atoms with Crippen molar-refractivity contribution in [2.24, 2.45) is 0 Å². The molecule has 6 heterocycles. The van der Waals surface area contributed by atoms with Crippen LogP contribution < -0.4 is 0 Å². The third-order valence-electron chi connectivity index (χ3n) is 10.2. The average molecular weight is 901 g/mol. The number of nitrogens with zero attached hydrogens (tertiary/aromatic N) is 8. The minimum absolute atomic E-state index is 0.0793. The highest BCUT2D eigenvalue weighted by Crippen LogP contribution is 2.39. The standard InChI is InChI=1S/C20H18BrF3N4O.C19H18BrClN4O/c1-12-2-4-16(20(22,23)24)15(10-12)13-6-8-27(9-7-13)19(29)18-26-25-17-5-3-14(21)11-28(17)18;1-12-2-4-16(21)15(10-12)13-6-8-24(9-7-13)19(26)18-23-22-17-5-3-14(20)11-25(17)18/h2-5,10-11,13H,6-9H2,1H3;2-5,10-11,13H,6-9H2,1H3. The first-order chi connectivity index (χ1) is 26.3. The van der Waals surface area contributed by atoms with Crippen LogP contribution in [0.2, 0.25) is 5.02 Å². The predicted octanol–water partition coefficient (Wildman–Crippen LogP) is 9.31. The first-order valence-corrected chi connectivity index (χ1v) is 19.8. The SMILES string of the molecule is Cc1ccc(C(F)(F)F)c(C2CCN(C(=O)c3nnc4ccc(Br)cn34)CC2)c1.Cc1ccc(Cl)c(C2CCN(C(=O)c3nnc4ccc(Br)cn34)CC2)c1. The number of halogens is 6. The number of aromatic nitrogens is 6. The van der Waals surface area contributed by atoms with Crippen molar-refractivity contribution >= 4 is 66.6 Å². The highest BCUT2D eigenvalue weighted by atomic mass is 79.9. The van der Waals surface area contributed by atoms with Crippen LogP contribution in [-0.2, 0) is 6.18 Å². The molecule has 2 amide bonds. The number of aryl methyl sites for hydroxylation is 2. The molecular weight excluding hydrogens is 865 g/mol. The Labute approximate surface area is 337 Å². The minimum Gasteiger partial charge on any atom is -0.336 e. The molecule has 0 saturated carbocycles. The number of benzene rings is 2. The van der Waals surface area contributed by atoms with Crippen LogP contribution in [0.15, 0.2) is 82.0 Å². The molecule has 2 saturated heterocycles. The van der Waals surface area contributed by atoms with E-state index in [1.165, 1.54) is 17.2 Å². The van der Waals surface area contributed by atoms with Crippen molar-refractivity contribution in [3.05, 3.63) is 126 Å². The second kappa shape index (κ2) is 16.0. The monoisotopic (exact) mass is 898 g/mol. The molecule has 2 aliphatic heterocycles. The summed E-state index contributed by atoms with van der Waals surface area (Å²) in [5, 5.41) is 17.0. The van der Waals surface area contributed by atoms with E-state index in [0.29, 0.717) is 67.6 Å². The third-order valence-corrected chi connectivity index (χ3v) is 11.5. The van der Waals surface area contributed by atoms with Crippen LogP contribution in [0.4, 0.5) is 13.2 Å². The van der Waals surface area contributed by atoms with Crippen LogP contribution in [0, 0.1) is 13.8 Å². The number of likely N-dealkylation sites (tertiary alicyclic amines) is 2. The second-order valence-electron chi connectivity index (χ2n) is 13.9. The van der Waals surface area contributed by atoms with Gasteiger partial charge in [0.15, 0.2) is 11.3 Å². The molecule has 0 radical (unpaired) electrons. The van der Waals surface area contributed by atoms with Gasteiger partial charge < -0.3 is 9.80 Å². The fourth-order valence-corrected chi connectivity index (χ4v) is 8.29. The van der Waals surface area contributed by atoms with Gasteiger partial charge in [-0.1, -0.05) is 47.0 Å². The summed E-state index contributed by atoms with van der Waals surface area (Å²) in [6, 6.07) is 17.7. The lowest BCUT2D eigenvalue weighted by atomic mass is 9.85. The summed E-state index contributed by atoms with van der Waals surface area (Å²) in [5.41, 5.74) is 4.16. The molecule has 6 aromatic rings. The van der Waals surface area contributed by atoms with Crippen LogP contribution >= 0.6 is 43.5 Å². The fraction of sp³-hybridized carbons (Fsp3) is 0.333. The zero-order valence-corrected chi connectivity index (χ0v) is 33.8. The van der Waals surface area contributed by atoms with Gasteiger partial charge in [-0.25, -0.2) is 0 Å². The van der Waals surface area contributed by atoms with Crippen LogP contribution in [-0.4, -0.2) is 77.0 Å². The molecule has 2 fully saturated rings. The van der Waals surface area contributed by atoms with E-state index < -0.39 is 11.7 Å². The van der Waals surface area contributed by atoms with Crippen LogP contribution in [0.3, 0.4) is 0 Å². The molecule has 10 nitrogen and oxygen atoms in total. The Hall–Kier alpha value is -4.34. The number of hydrogen-bond acceptors (Lipinski definition) is 6. The molecule has 2 aromatic carbocycles. The quantitative estimate of drug-likeness (QED) is 0.175. The largest absolute Gasteiger partial charge is 0.416 e. The Morgan fingerprint density at radius 3 is 1.56 bits per heavy atom. The van der Waals surface area contributed by atoms with E-state index in [1.807, 2.05) is 41.4 Å². The minimum atomic E-state index is -4.39. The number of carbonyl (C=O) groups is 2. The van der Waals surface area contributed by atoms with Crippen LogP contribution in [0.25, 0.3) is 11.3 Å². The number of amides is 2. The van der Waals surface area contributed by atoms with E-state index >= 15 is 0 Å². The molecule has 2 aliphatic rings. The van der Waals surface area contributed by atoms with Crippen molar-refractivity contribution in [1.29, 1.82) is 0 Å². The van der Waals surface area contributed by atoms with Crippen molar-refractivity contribution in [2.45, 2.75) is 57.5 Å². The fourth-order valence-electron chi connectivity index (χ4n) is 7.35. The lowest BCUT2D eigenvalue weighted by Crippen LogP contribution is -2.39. The van der Waals surface area contributed by atoms with E-state index in [9.17, 15) is 22.8 Å². The normalized spacial score (nSPS) is 15.7. The Kier molecular flexibility index (Phi) is 11.3. The van der Waals surface area contributed by atoms with Gasteiger partial charge in [-0.15, -0.1) is 20.4 Å². The molecule has 0 unspecified atom stereocenters. The van der Waals surface area contributed by atoms with Gasteiger partial charge >= 0.3 is 6.18 Å². The number of hydrogen-bond donors (Lipinski definition) is 0. The van der Waals surface area contributed by atoms with Crippen molar-refractivity contribution in [3.8, 4) is 0 Å². The van der Waals surface area contributed by atoms with E-state index in [0.717, 1.165) is 38.4 Å². The molecule has 0 spiro atoms. The van der Waals surface area contributed by atoms with Gasteiger partial charge in [-0.2, -0.15) is 13.2 Å². The van der Waals surface area contributed by atoms with Gasteiger partial charge in [0.05, 0.1) is 5.56 Å². The number of fused-ring (bicyclic) bond motifs is 2. The number of alkyl halides is 3. The zero-order valence-electron chi connectivity index (χ0n) is 29.9. The summed E-state index contributed by atoms with van der Waals surface area (Å²) in [7, 11) is 0. The van der Waals surface area contributed by atoms with Crippen LogP contribution in [0.1, 0.15) is 86.6 Å². The molecule has 55 heavy (non-hydrogen) atoms. The van der Waals surface area contributed by atoms with Crippen LogP contribution in [0.5, 0.6) is 0 Å². The smallest absolute Gasteiger partial charge is 0.336 e. The maximum absolute atomic E-state index is 13.4. The summed E-state index contributed by atoms with van der Waals surface area (Å²) in [5.74, 6) is 0.356. The summed E-state index contributed by atoms with van der Waals surface area (Å²) in [4.78, 5) is 29.3. The highest BCUT2D eigenvalue weighted by molar-refractivity contribution is 9.10. The van der Waals surface area contributed by atoms with Crippen molar-refractivity contribution in [3.63, 3.8) is 0 Å². The molecule has 16 heteroatoms. The van der Waals surface area contributed by atoms with Gasteiger partial charge in [0, 0.05) is 52.5 Å². The zero-order chi connectivity index (χ0) is 39.0. The lowest BCUT2D eigenvalue weighted by molar-refractivity contribution is -0.138. The summed E-state index contributed by atoms with van der Waals surface area (Å²) >= 11 is 13.2. The summed E-state index contributed by atoms with van der Waals surface area (Å²) in [6.45, 7) is 5.99. The van der Waals surface area contributed by atoms with Gasteiger partial charge in [-0.3, -0.25) is 18.4 Å². The van der Waals surface area contributed by atoms with E-state index in [-0.39, 0.29) is 23.6 Å². The average Bonchev–Trinajstić information content (AvgIpc) is 3.79. The molecular formula is C39H36Br2ClF3N8O2. The van der Waals surface area contributed by atoms with Crippen molar-refractivity contribution < 1.29 is 22.8 Å². The first kappa shape index (κ1) is 38.9. The van der Waals surface area contributed by atoms with Crippen molar-refractivity contribution in [2.75, 3.05) is 26.2 Å². The van der Waals surface area contributed by atoms with Gasteiger partial charge in [-0.05, 0) is 131 Å². The van der Waals surface area contributed by atoms with Crippen molar-refractivity contribution in [1.82, 2.24) is 39.0 Å². The molecule has 4 aromatic heterocycles. The molecule has 0 atom stereocenters. The first-order valence-electron chi connectivity index (χ1n) is 17.8. The predicted molar refractivity (Wildman–Crippen MR) is 210 cm³/mol. The molecule has 0 bridgehead atoms. The maximum atomic E-state index is 13.4. The number of carbonyl (C=O) groups excluding carboxylic acids is 2. The number of rotatable bonds is 4. The Morgan fingerprint density at radius 1 is 0.655 bits per heavy atom. The summed E-state index contributed by atoms with van der Waals surface area (Å²) in [6.07, 6.45) is 1.89. The van der Waals surface area contributed by atoms with Gasteiger partial charge in [0.25, 0.3) is 11.8 Å². The molecule has 0 N–H and O–H groups in total. The number of piperidine rings is 2. The maximum Gasteiger partial charge on any atom is 0.416 e.